The van der Waals surface area contributed by atoms with Gasteiger partial charge >= 0.3 is 0 Å². The predicted octanol–water partition coefficient (Wildman–Crippen LogP) is 2.11. The number of thiazole rings is 1. The molecule has 5 nitrogen and oxygen atoms in total. The zero-order chi connectivity index (χ0) is 13.7. The Hall–Kier alpha value is -1.95. The number of nitrogens with zero attached hydrogens (tertiary/aromatic N) is 2. The number of aromatic nitrogens is 2. The standard InChI is InChI=1S/C13H16N4OS/c1-9(13-16-5-6-19-13)8-17-10-3-4-15-11(7-10)12(18)14-2/h3-7,9H,8H2,1-2H3,(H,14,18)(H,15,17). The SMILES string of the molecule is CNC(=O)c1cc(NCC(C)c2nccs2)ccn1. The molecule has 1 amide bonds. The molecule has 0 aliphatic rings. The van der Waals surface area contributed by atoms with Crippen LogP contribution in [0.25, 0.3) is 0 Å². The second kappa shape index (κ2) is 6.29. The summed E-state index contributed by atoms with van der Waals surface area (Å²) in [6.07, 6.45) is 3.44. The van der Waals surface area contributed by atoms with E-state index in [0.29, 0.717) is 11.6 Å². The van der Waals surface area contributed by atoms with Gasteiger partial charge in [-0.1, -0.05) is 6.92 Å². The van der Waals surface area contributed by atoms with Crippen molar-refractivity contribution in [2.24, 2.45) is 0 Å². The number of carbonyl (C=O) groups is 1. The third-order valence-electron chi connectivity index (χ3n) is 2.71. The van der Waals surface area contributed by atoms with E-state index in [1.54, 1.807) is 30.6 Å². The second-order valence-corrected chi connectivity index (χ2v) is 5.09. The average Bonchev–Trinajstić information content (AvgIpc) is 2.98. The summed E-state index contributed by atoms with van der Waals surface area (Å²) in [5, 5.41) is 8.94. The lowest BCUT2D eigenvalue weighted by atomic mass is 10.2. The van der Waals surface area contributed by atoms with Gasteiger partial charge in [-0.15, -0.1) is 11.3 Å². The van der Waals surface area contributed by atoms with Gasteiger partial charge in [0.2, 0.25) is 0 Å². The van der Waals surface area contributed by atoms with Crippen LogP contribution in [0.3, 0.4) is 0 Å². The van der Waals surface area contributed by atoms with Gasteiger partial charge in [-0.2, -0.15) is 0 Å². The molecule has 1 unspecified atom stereocenters. The van der Waals surface area contributed by atoms with Crippen LogP contribution in [0.5, 0.6) is 0 Å². The molecule has 100 valence electrons. The Morgan fingerprint density at radius 1 is 1.42 bits per heavy atom. The summed E-state index contributed by atoms with van der Waals surface area (Å²) < 4.78 is 0. The number of rotatable bonds is 5. The van der Waals surface area contributed by atoms with Gasteiger partial charge in [-0.05, 0) is 12.1 Å². The van der Waals surface area contributed by atoms with Crippen LogP contribution in [-0.2, 0) is 0 Å². The predicted molar refractivity (Wildman–Crippen MR) is 76.6 cm³/mol. The second-order valence-electron chi connectivity index (χ2n) is 4.16. The number of hydrogen-bond donors (Lipinski definition) is 2. The molecular weight excluding hydrogens is 260 g/mol. The molecular formula is C13H16N4OS. The van der Waals surface area contributed by atoms with E-state index >= 15 is 0 Å². The van der Waals surface area contributed by atoms with Crippen molar-refractivity contribution in [3.8, 4) is 0 Å². The number of anilines is 1. The first-order valence-electron chi connectivity index (χ1n) is 6.02. The summed E-state index contributed by atoms with van der Waals surface area (Å²) in [5.41, 5.74) is 1.30. The lowest BCUT2D eigenvalue weighted by Gasteiger charge is -2.11. The molecule has 0 fully saturated rings. The number of nitrogens with one attached hydrogen (secondary N) is 2. The molecule has 0 saturated carbocycles. The van der Waals surface area contributed by atoms with Crippen molar-refractivity contribution in [2.45, 2.75) is 12.8 Å². The molecule has 0 aliphatic heterocycles. The molecule has 2 rings (SSSR count). The molecule has 2 aromatic rings. The fraction of sp³-hybridized carbons (Fsp3) is 0.308. The number of hydrogen-bond acceptors (Lipinski definition) is 5. The van der Waals surface area contributed by atoms with Crippen LogP contribution < -0.4 is 10.6 Å². The number of carbonyl (C=O) groups excluding carboxylic acids is 1. The largest absolute Gasteiger partial charge is 0.384 e. The molecule has 2 heterocycles. The molecule has 19 heavy (non-hydrogen) atoms. The van der Waals surface area contributed by atoms with Gasteiger partial charge in [0.05, 0.1) is 5.01 Å². The summed E-state index contributed by atoms with van der Waals surface area (Å²) >= 11 is 1.65. The van der Waals surface area contributed by atoms with E-state index < -0.39 is 0 Å². The van der Waals surface area contributed by atoms with Crippen molar-refractivity contribution in [3.05, 3.63) is 40.6 Å². The van der Waals surface area contributed by atoms with Gasteiger partial charge in [-0.25, -0.2) is 4.98 Å². The van der Waals surface area contributed by atoms with E-state index in [0.717, 1.165) is 17.2 Å². The van der Waals surface area contributed by atoms with Gasteiger partial charge in [-0.3, -0.25) is 9.78 Å². The molecule has 0 bridgehead atoms. The van der Waals surface area contributed by atoms with Crippen molar-refractivity contribution >= 4 is 22.9 Å². The first kappa shape index (κ1) is 13.5. The van der Waals surface area contributed by atoms with Crippen molar-refractivity contribution in [1.29, 1.82) is 0 Å². The topological polar surface area (TPSA) is 66.9 Å². The Bertz CT molecular complexity index is 541. The molecule has 0 saturated heterocycles. The molecule has 0 spiro atoms. The van der Waals surface area contributed by atoms with Gasteiger partial charge in [0.25, 0.3) is 5.91 Å². The summed E-state index contributed by atoms with van der Waals surface area (Å²) in [5.74, 6) is 0.147. The fourth-order valence-electron chi connectivity index (χ4n) is 1.63. The van der Waals surface area contributed by atoms with Gasteiger partial charge in [0.1, 0.15) is 5.69 Å². The maximum Gasteiger partial charge on any atom is 0.269 e. The first-order valence-corrected chi connectivity index (χ1v) is 6.90. The first-order chi connectivity index (χ1) is 9.20. The van der Waals surface area contributed by atoms with Crippen molar-refractivity contribution in [3.63, 3.8) is 0 Å². The van der Waals surface area contributed by atoms with Gasteiger partial charge in [0, 0.05) is 43.0 Å². The Labute approximate surface area is 116 Å². The van der Waals surface area contributed by atoms with E-state index in [9.17, 15) is 4.79 Å². The summed E-state index contributed by atoms with van der Waals surface area (Å²) in [6.45, 7) is 2.89. The van der Waals surface area contributed by atoms with Crippen LogP contribution in [0.15, 0.2) is 29.9 Å². The van der Waals surface area contributed by atoms with Gasteiger partial charge < -0.3 is 10.6 Å². The highest BCUT2D eigenvalue weighted by Crippen LogP contribution is 2.18. The molecule has 2 aromatic heterocycles. The zero-order valence-corrected chi connectivity index (χ0v) is 11.7. The van der Waals surface area contributed by atoms with Crippen LogP contribution in [-0.4, -0.2) is 29.5 Å². The molecule has 6 heteroatoms. The van der Waals surface area contributed by atoms with Crippen LogP contribution in [0, 0.1) is 0 Å². The molecule has 0 radical (unpaired) electrons. The minimum absolute atomic E-state index is 0.184. The van der Waals surface area contributed by atoms with Crippen LogP contribution in [0.4, 0.5) is 5.69 Å². The van der Waals surface area contributed by atoms with E-state index in [1.165, 1.54) is 0 Å². The number of pyridine rings is 1. The Morgan fingerprint density at radius 3 is 2.95 bits per heavy atom. The highest BCUT2D eigenvalue weighted by atomic mass is 32.1. The lowest BCUT2D eigenvalue weighted by molar-refractivity contribution is 0.0958. The minimum atomic E-state index is -0.184. The van der Waals surface area contributed by atoms with Crippen molar-refractivity contribution in [1.82, 2.24) is 15.3 Å². The summed E-state index contributed by atoms with van der Waals surface area (Å²) in [6, 6.07) is 3.59. The highest BCUT2D eigenvalue weighted by Gasteiger charge is 2.09. The molecule has 0 aliphatic carbocycles. The van der Waals surface area contributed by atoms with E-state index in [4.69, 9.17) is 0 Å². The number of amides is 1. The Morgan fingerprint density at radius 2 is 2.26 bits per heavy atom. The molecule has 2 N–H and O–H groups in total. The quantitative estimate of drug-likeness (QED) is 0.877. The lowest BCUT2D eigenvalue weighted by Crippen LogP contribution is -2.19. The van der Waals surface area contributed by atoms with Gasteiger partial charge in [0.15, 0.2) is 0 Å². The van der Waals surface area contributed by atoms with Crippen LogP contribution >= 0.6 is 11.3 Å². The van der Waals surface area contributed by atoms with E-state index in [1.807, 2.05) is 17.6 Å². The van der Waals surface area contributed by atoms with E-state index in [-0.39, 0.29) is 5.91 Å². The zero-order valence-electron chi connectivity index (χ0n) is 10.9. The minimum Gasteiger partial charge on any atom is -0.384 e. The third kappa shape index (κ3) is 3.51. The maximum atomic E-state index is 11.5. The Balaban J connectivity index is 1.98. The average molecular weight is 276 g/mol. The summed E-state index contributed by atoms with van der Waals surface area (Å²) in [7, 11) is 1.59. The van der Waals surface area contributed by atoms with E-state index in [2.05, 4.69) is 27.5 Å². The fourth-order valence-corrected chi connectivity index (χ4v) is 2.33. The highest BCUT2D eigenvalue weighted by molar-refractivity contribution is 7.09. The summed E-state index contributed by atoms with van der Waals surface area (Å²) in [4.78, 5) is 19.8. The van der Waals surface area contributed by atoms with Crippen LogP contribution in [0.1, 0.15) is 28.3 Å². The normalized spacial score (nSPS) is 11.9. The van der Waals surface area contributed by atoms with Crippen molar-refractivity contribution < 1.29 is 4.79 Å². The smallest absolute Gasteiger partial charge is 0.269 e. The molecule has 0 aromatic carbocycles. The van der Waals surface area contributed by atoms with Crippen molar-refractivity contribution in [2.75, 3.05) is 18.9 Å². The molecule has 1 atom stereocenters. The Kier molecular flexibility index (Phi) is 4.46. The maximum absolute atomic E-state index is 11.5. The monoisotopic (exact) mass is 276 g/mol. The van der Waals surface area contributed by atoms with Crippen LogP contribution in [0.2, 0.25) is 0 Å². The third-order valence-corrected chi connectivity index (χ3v) is 3.71.